The van der Waals surface area contributed by atoms with E-state index in [2.05, 4.69) is 77.8 Å². The van der Waals surface area contributed by atoms with Crippen molar-refractivity contribution in [2.45, 2.75) is 37.6 Å². The Morgan fingerprint density at radius 1 is 1.17 bits per heavy atom. The molecule has 0 spiro atoms. The molecule has 1 aliphatic carbocycles. The number of guanidine groups is 1. The molecule has 2 aliphatic rings. The molecule has 2 heterocycles. The van der Waals surface area contributed by atoms with Gasteiger partial charge < -0.3 is 15.5 Å². The molecule has 0 bridgehead atoms. The van der Waals surface area contributed by atoms with Crippen molar-refractivity contribution in [3.05, 3.63) is 58.2 Å². The molecule has 1 saturated carbocycles. The van der Waals surface area contributed by atoms with E-state index >= 15 is 0 Å². The number of hydrogen-bond acceptors (Lipinski definition) is 3. The number of halogens is 2. The Kier molecular flexibility index (Phi) is 7.79. The van der Waals surface area contributed by atoms with Crippen LogP contribution in [0.2, 0.25) is 0 Å². The van der Waals surface area contributed by atoms with Crippen LogP contribution in [-0.4, -0.2) is 37.6 Å². The number of nitrogens with one attached hydrogen (secondary N) is 2. The second-order valence-corrected chi connectivity index (χ2v) is 8.70. The summed E-state index contributed by atoms with van der Waals surface area (Å²) in [5, 5.41) is 6.98. The average molecular weight is 570 g/mol. The van der Waals surface area contributed by atoms with Gasteiger partial charge in [0.2, 0.25) is 0 Å². The normalized spacial score (nSPS) is 17.6. The highest BCUT2D eigenvalue weighted by molar-refractivity contribution is 14.0. The monoisotopic (exact) mass is 569 g/mol. The minimum absolute atomic E-state index is 0. The summed E-state index contributed by atoms with van der Waals surface area (Å²) < 4.78 is 1.14. The van der Waals surface area contributed by atoms with E-state index in [0.29, 0.717) is 0 Å². The van der Waals surface area contributed by atoms with Gasteiger partial charge in [-0.15, -0.1) is 24.0 Å². The first-order valence-corrected chi connectivity index (χ1v) is 10.9. The van der Waals surface area contributed by atoms with Crippen LogP contribution in [0.1, 0.15) is 36.8 Å². The lowest BCUT2D eigenvalue weighted by Crippen LogP contribution is -2.40. The fraction of sp³-hybridized carbons (Fsp3) is 0.455. The van der Waals surface area contributed by atoms with Crippen LogP contribution in [0.3, 0.4) is 0 Å². The number of pyridine rings is 1. The lowest BCUT2D eigenvalue weighted by atomic mass is 9.96. The summed E-state index contributed by atoms with van der Waals surface area (Å²) in [6, 6.07) is 12.9. The van der Waals surface area contributed by atoms with Gasteiger partial charge in [0.1, 0.15) is 5.82 Å². The Morgan fingerprint density at radius 2 is 1.97 bits per heavy atom. The molecular weight excluding hydrogens is 541 g/mol. The molecule has 2 N–H and O–H groups in total. The van der Waals surface area contributed by atoms with Crippen LogP contribution in [0.25, 0.3) is 0 Å². The summed E-state index contributed by atoms with van der Waals surface area (Å²) in [4.78, 5) is 11.3. The Morgan fingerprint density at radius 3 is 2.66 bits per heavy atom. The third-order valence-electron chi connectivity index (χ3n) is 5.81. The van der Waals surface area contributed by atoms with Crippen molar-refractivity contribution in [1.29, 1.82) is 0 Å². The Hall–Kier alpha value is -1.35. The first-order valence-electron chi connectivity index (χ1n) is 10.1. The van der Waals surface area contributed by atoms with Gasteiger partial charge in [0, 0.05) is 49.3 Å². The lowest BCUT2D eigenvalue weighted by molar-refractivity contribution is 0.645. The van der Waals surface area contributed by atoms with Crippen molar-refractivity contribution >= 4 is 51.7 Å². The zero-order chi connectivity index (χ0) is 19.4. The van der Waals surface area contributed by atoms with E-state index in [9.17, 15) is 0 Å². The van der Waals surface area contributed by atoms with Crippen LogP contribution in [0.4, 0.5) is 5.82 Å². The Bertz CT molecular complexity index is 847. The molecule has 1 aliphatic heterocycles. The van der Waals surface area contributed by atoms with Crippen molar-refractivity contribution in [1.82, 2.24) is 15.6 Å². The highest BCUT2D eigenvalue weighted by Crippen LogP contribution is 2.48. The topological polar surface area (TPSA) is 52.6 Å². The van der Waals surface area contributed by atoms with Gasteiger partial charge >= 0.3 is 0 Å². The van der Waals surface area contributed by atoms with Crippen molar-refractivity contribution in [3.8, 4) is 0 Å². The number of hydrogen-bond donors (Lipinski definition) is 2. The van der Waals surface area contributed by atoms with E-state index in [1.54, 1.807) is 0 Å². The lowest BCUT2D eigenvalue weighted by Gasteiger charge is -2.20. The first kappa shape index (κ1) is 22.3. The van der Waals surface area contributed by atoms with Gasteiger partial charge in [0.25, 0.3) is 0 Å². The van der Waals surface area contributed by atoms with E-state index in [4.69, 9.17) is 0 Å². The minimum Gasteiger partial charge on any atom is -0.357 e. The van der Waals surface area contributed by atoms with Crippen LogP contribution in [-0.2, 0) is 12.0 Å². The molecule has 29 heavy (non-hydrogen) atoms. The molecule has 0 unspecified atom stereocenters. The molecule has 1 aromatic carbocycles. The molecule has 4 rings (SSSR count). The van der Waals surface area contributed by atoms with Crippen LogP contribution in [0.5, 0.6) is 0 Å². The van der Waals surface area contributed by atoms with E-state index in [1.165, 1.54) is 36.8 Å². The second kappa shape index (κ2) is 10.1. The van der Waals surface area contributed by atoms with Gasteiger partial charge in [-0.1, -0.05) is 28.1 Å². The SMILES string of the molecule is CN=C(NCc1ccnc(N2CCCC2)c1)NCC1(c2cccc(Br)c2)CC1.I. The molecule has 2 aromatic rings. The summed E-state index contributed by atoms with van der Waals surface area (Å²) in [5.41, 5.74) is 2.86. The summed E-state index contributed by atoms with van der Waals surface area (Å²) in [6.07, 6.45) is 6.88. The fourth-order valence-electron chi connectivity index (χ4n) is 3.89. The number of aliphatic imine (C=N–C) groups is 1. The molecule has 1 saturated heterocycles. The second-order valence-electron chi connectivity index (χ2n) is 7.79. The Balaban J connectivity index is 0.00000240. The third kappa shape index (κ3) is 5.63. The van der Waals surface area contributed by atoms with Crippen molar-refractivity contribution in [2.24, 2.45) is 4.99 Å². The van der Waals surface area contributed by atoms with Crippen LogP contribution < -0.4 is 15.5 Å². The summed E-state index contributed by atoms with van der Waals surface area (Å²) >= 11 is 3.59. The summed E-state index contributed by atoms with van der Waals surface area (Å²) in [6.45, 7) is 3.88. The number of rotatable bonds is 6. The summed E-state index contributed by atoms with van der Waals surface area (Å²) in [5.74, 6) is 1.94. The van der Waals surface area contributed by atoms with Crippen LogP contribution in [0, 0.1) is 0 Å². The molecule has 7 heteroatoms. The molecule has 0 radical (unpaired) electrons. The van der Waals surface area contributed by atoms with Crippen molar-refractivity contribution < 1.29 is 0 Å². The molecule has 2 fully saturated rings. The zero-order valence-corrected chi connectivity index (χ0v) is 20.7. The highest BCUT2D eigenvalue weighted by atomic mass is 127. The first-order chi connectivity index (χ1) is 13.7. The average Bonchev–Trinajstić information content (AvgIpc) is 3.31. The predicted octanol–water partition coefficient (Wildman–Crippen LogP) is 4.46. The van der Waals surface area contributed by atoms with E-state index in [0.717, 1.165) is 42.4 Å². The van der Waals surface area contributed by atoms with E-state index in [-0.39, 0.29) is 29.4 Å². The maximum absolute atomic E-state index is 4.53. The van der Waals surface area contributed by atoms with Crippen molar-refractivity contribution in [2.75, 3.05) is 31.6 Å². The number of nitrogens with zero attached hydrogens (tertiary/aromatic N) is 3. The molecule has 5 nitrogen and oxygen atoms in total. The molecular formula is C22H29BrIN5. The summed E-state index contributed by atoms with van der Waals surface area (Å²) in [7, 11) is 1.83. The molecule has 156 valence electrons. The van der Waals surface area contributed by atoms with Gasteiger partial charge in [-0.3, -0.25) is 4.99 Å². The minimum atomic E-state index is 0. The van der Waals surface area contributed by atoms with Gasteiger partial charge in [-0.2, -0.15) is 0 Å². The number of aromatic nitrogens is 1. The van der Waals surface area contributed by atoms with Gasteiger partial charge in [0.05, 0.1) is 0 Å². The predicted molar refractivity (Wildman–Crippen MR) is 134 cm³/mol. The van der Waals surface area contributed by atoms with Crippen LogP contribution >= 0.6 is 39.9 Å². The maximum atomic E-state index is 4.53. The molecule has 0 atom stereocenters. The van der Waals surface area contributed by atoms with Crippen LogP contribution in [0.15, 0.2) is 52.1 Å². The largest absolute Gasteiger partial charge is 0.357 e. The number of benzene rings is 1. The molecule has 1 aromatic heterocycles. The third-order valence-corrected chi connectivity index (χ3v) is 6.30. The van der Waals surface area contributed by atoms with E-state index < -0.39 is 0 Å². The van der Waals surface area contributed by atoms with Gasteiger partial charge in [-0.05, 0) is 61.1 Å². The molecule has 0 amide bonds. The highest BCUT2D eigenvalue weighted by Gasteiger charge is 2.44. The maximum Gasteiger partial charge on any atom is 0.191 e. The standard InChI is InChI=1S/C22H28BrN5.HI/c1-24-21(27-16-22(8-9-22)18-5-4-6-19(23)14-18)26-15-17-7-10-25-20(13-17)28-11-2-3-12-28;/h4-7,10,13-14H,2-3,8-9,11-12,15-16H2,1H3,(H2,24,26,27);1H. The Labute approximate surface area is 198 Å². The van der Waals surface area contributed by atoms with Crippen molar-refractivity contribution in [3.63, 3.8) is 0 Å². The fourth-order valence-corrected chi connectivity index (χ4v) is 4.29. The number of anilines is 1. The van der Waals surface area contributed by atoms with Gasteiger partial charge in [0.15, 0.2) is 5.96 Å². The smallest absolute Gasteiger partial charge is 0.191 e. The quantitative estimate of drug-likeness (QED) is 0.306. The van der Waals surface area contributed by atoms with E-state index in [1.807, 2.05) is 13.2 Å². The zero-order valence-electron chi connectivity index (χ0n) is 16.8. The van der Waals surface area contributed by atoms with Gasteiger partial charge in [-0.25, -0.2) is 4.98 Å².